The molecular weight excluding hydrogens is 338 g/mol. The Labute approximate surface area is 127 Å². The summed E-state index contributed by atoms with van der Waals surface area (Å²) < 4.78 is 11.5. The Morgan fingerprint density at radius 2 is 2.05 bits per heavy atom. The van der Waals surface area contributed by atoms with Crippen molar-refractivity contribution < 1.29 is 14.3 Å². The summed E-state index contributed by atoms with van der Waals surface area (Å²) in [6.45, 7) is 0. The first-order valence-electron chi connectivity index (χ1n) is 6.06. The summed E-state index contributed by atoms with van der Waals surface area (Å²) in [5.74, 6) is 0.312. The Balaban J connectivity index is 2.21. The molecule has 1 N–H and O–H groups in total. The number of aromatic nitrogens is 1. The number of ether oxygens (including phenoxy) is 1. The molecule has 0 saturated heterocycles. The van der Waals surface area contributed by atoms with Crippen LogP contribution in [0.4, 0.5) is 0 Å². The fourth-order valence-corrected chi connectivity index (χ4v) is 2.34. The van der Waals surface area contributed by atoms with Crippen LogP contribution >= 0.6 is 15.9 Å². The summed E-state index contributed by atoms with van der Waals surface area (Å²) >= 11 is 3.32. The van der Waals surface area contributed by atoms with Gasteiger partial charge in [-0.2, -0.15) is 0 Å². The Morgan fingerprint density at radius 3 is 2.81 bits per heavy atom. The van der Waals surface area contributed by atoms with Gasteiger partial charge in [0.1, 0.15) is 11.3 Å². The molecule has 3 aromatic rings. The average molecular weight is 348 g/mol. The van der Waals surface area contributed by atoms with Crippen molar-refractivity contribution in [3.8, 4) is 23.1 Å². The highest BCUT2D eigenvalue weighted by Gasteiger charge is 2.11. The first kappa shape index (κ1) is 13.6. The molecule has 2 heterocycles. The average Bonchev–Trinajstić information content (AvgIpc) is 2.48. The van der Waals surface area contributed by atoms with Crippen molar-refractivity contribution in [2.75, 3.05) is 7.11 Å². The van der Waals surface area contributed by atoms with Crippen LogP contribution in [-0.2, 0) is 0 Å². The standard InChI is InChI=1S/C15H10BrNO4/c1-20-15-11(18)4-3-10(17-15)14-7-12(19)9-6-8(16)2-5-13(9)21-14/h2-7,18H,1H3. The van der Waals surface area contributed by atoms with E-state index < -0.39 is 0 Å². The van der Waals surface area contributed by atoms with E-state index in [9.17, 15) is 9.90 Å². The minimum Gasteiger partial charge on any atom is -0.503 e. The number of fused-ring (bicyclic) bond motifs is 1. The van der Waals surface area contributed by atoms with E-state index in [1.54, 1.807) is 24.3 Å². The molecule has 0 fully saturated rings. The second kappa shape index (κ2) is 5.21. The van der Waals surface area contributed by atoms with E-state index in [1.165, 1.54) is 19.2 Å². The van der Waals surface area contributed by atoms with E-state index in [-0.39, 0.29) is 17.1 Å². The third-order valence-electron chi connectivity index (χ3n) is 2.98. The van der Waals surface area contributed by atoms with Crippen molar-refractivity contribution in [2.45, 2.75) is 0 Å². The number of rotatable bonds is 2. The van der Waals surface area contributed by atoms with Gasteiger partial charge in [-0.15, -0.1) is 0 Å². The largest absolute Gasteiger partial charge is 0.503 e. The number of aromatic hydroxyl groups is 1. The van der Waals surface area contributed by atoms with E-state index in [2.05, 4.69) is 20.9 Å². The minimum atomic E-state index is -0.165. The van der Waals surface area contributed by atoms with E-state index in [0.29, 0.717) is 22.4 Å². The van der Waals surface area contributed by atoms with E-state index in [1.807, 2.05) is 0 Å². The maximum Gasteiger partial charge on any atom is 0.257 e. The SMILES string of the molecule is COc1nc(-c2cc(=O)c3cc(Br)ccc3o2)ccc1O. The van der Waals surface area contributed by atoms with Crippen molar-refractivity contribution in [2.24, 2.45) is 0 Å². The fourth-order valence-electron chi connectivity index (χ4n) is 1.98. The van der Waals surface area contributed by atoms with Crippen LogP contribution in [0.15, 0.2) is 50.1 Å². The maximum atomic E-state index is 12.2. The highest BCUT2D eigenvalue weighted by Crippen LogP contribution is 2.28. The lowest BCUT2D eigenvalue weighted by Crippen LogP contribution is -2.01. The number of nitrogens with zero attached hydrogens (tertiary/aromatic N) is 1. The van der Waals surface area contributed by atoms with Crippen molar-refractivity contribution in [3.63, 3.8) is 0 Å². The second-order valence-corrected chi connectivity index (χ2v) is 5.26. The molecule has 0 spiro atoms. The van der Waals surface area contributed by atoms with Gasteiger partial charge in [-0.05, 0) is 30.3 Å². The van der Waals surface area contributed by atoms with Gasteiger partial charge in [0.05, 0.1) is 12.5 Å². The molecule has 0 bridgehead atoms. The lowest BCUT2D eigenvalue weighted by atomic mass is 10.2. The van der Waals surface area contributed by atoms with Crippen LogP contribution in [0.2, 0.25) is 0 Å². The zero-order valence-corrected chi connectivity index (χ0v) is 12.5. The Hall–Kier alpha value is -2.34. The lowest BCUT2D eigenvalue weighted by molar-refractivity contribution is 0.359. The van der Waals surface area contributed by atoms with E-state index >= 15 is 0 Å². The Bertz CT molecular complexity index is 888. The van der Waals surface area contributed by atoms with Crippen LogP contribution < -0.4 is 10.2 Å². The smallest absolute Gasteiger partial charge is 0.257 e. The van der Waals surface area contributed by atoms with Crippen molar-refractivity contribution in [3.05, 3.63) is 51.1 Å². The third-order valence-corrected chi connectivity index (χ3v) is 3.47. The number of pyridine rings is 1. The number of halogens is 1. The highest BCUT2D eigenvalue weighted by molar-refractivity contribution is 9.10. The van der Waals surface area contributed by atoms with Gasteiger partial charge in [0.2, 0.25) is 0 Å². The topological polar surface area (TPSA) is 72.6 Å². The molecule has 0 unspecified atom stereocenters. The van der Waals surface area contributed by atoms with Gasteiger partial charge in [0, 0.05) is 10.5 Å². The summed E-state index contributed by atoms with van der Waals surface area (Å²) in [5, 5.41) is 10.0. The molecule has 106 valence electrons. The van der Waals surface area contributed by atoms with Gasteiger partial charge in [-0.25, -0.2) is 4.98 Å². The predicted molar refractivity (Wildman–Crippen MR) is 81.6 cm³/mol. The first-order valence-corrected chi connectivity index (χ1v) is 6.85. The summed E-state index contributed by atoms with van der Waals surface area (Å²) in [7, 11) is 1.40. The van der Waals surface area contributed by atoms with Gasteiger partial charge >= 0.3 is 0 Å². The van der Waals surface area contributed by atoms with Crippen LogP contribution in [0.5, 0.6) is 11.6 Å². The number of methoxy groups -OCH3 is 1. The van der Waals surface area contributed by atoms with Crippen molar-refractivity contribution in [1.29, 1.82) is 0 Å². The van der Waals surface area contributed by atoms with E-state index in [4.69, 9.17) is 9.15 Å². The summed E-state index contributed by atoms with van der Waals surface area (Å²) in [6, 6.07) is 9.57. The lowest BCUT2D eigenvalue weighted by Gasteiger charge is -2.06. The zero-order chi connectivity index (χ0) is 15.0. The molecule has 21 heavy (non-hydrogen) atoms. The molecule has 0 atom stereocenters. The second-order valence-electron chi connectivity index (χ2n) is 4.34. The van der Waals surface area contributed by atoms with Gasteiger partial charge < -0.3 is 14.3 Å². The third kappa shape index (κ3) is 2.50. The molecule has 5 nitrogen and oxygen atoms in total. The molecule has 0 aliphatic carbocycles. The Kier molecular flexibility index (Phi) is 3.39. The van der Waals surface area contributed by atoms with Crippen LogP contribution in [0, 0.1) is 0 Å². The molecule has 3 rings (SSSR count). The summed E-state index contributed by atoms with van der Waals surface area (Å²) in [5.41, 5.74) is 0.711. The van der Waals surface area contributed by atoms with Crippen LogP contribution in [0.25, 0.3) is 22.4 Å². The molecule has 0 saturated carbocycles. The molecule has 0 aliphatic rings. The molecule has 0 aliphatic heterocycles. The van der Waals surface area contributed by atoms with E-state index in [0.717, 1.165) is 4.47 Å². The molecule has 0 radical (unpaired) electrons. The Morgan fingerprint density at radius 1 is 1.24 bits per heavy atom. The summed E-state index contributed by atoms with van der Waals surface area (Å²) in [4.78, 5) is 16.3. The van der Waals surface area contributed by atoms with Crippen LogP contribution in [0.1, 0.15) is 0 Å². The highest BCUT2D eigenvalue weighted by atomic mass is 79.9. The number of hydrogen-bond donors (Lipinski definition) is 1. The fraction of sp³-hybridized carbons (Fsp3) is 0.0667. The quantitative estimate of drug-likeness (QED) is 0.769. The first-order chi connectivity index (χ1) is 10.1. The minimum absolute atomic E-state index is 0.0750. The van der Waals surface area contributed by atoms with Crippen molar-refractivity contribution in [1.82, 2.24) is 4.98 Å². The summed E-state index contributed by atoms with van der Waals surface area (Å²) in [6.07, 6.45) is 0. The number of benzene rings is 1. The molecule has 6 heteroatoms. The van der Waals surface area contributed by atoms with Gasteiger partial charge in [0.15, 0.2) is 16.9 Å². The van der Waals surface area contributed by atoms with Crippen LogP contribution in [-0.4, -0.2) is 17.2 Å². The molecule has 1 aromatic carbocycles. The zero-order valence-electron chi connectivity index (χ0n) is 11.0. The van der Waals surface area contributed by atoms with Gasteiger partial charge in [-0.3, -0.25) is 4.79 Å². The van der Waals surface area contributed by atoms with Gasteiger partial charge in [-0.1, -0.05) is 15.9 Å². The molecular formula is C15H10BrNO4. The van der Waals surface area contributed by atoms with Crippen molar-refractivity contribution >= 4 is 26.9 Å². The normalized spacial score (nSPS) is 10.8. The molecule has 2 aromatic heterocycles. The molecule has 0 amide bonds. The van der Waals surface area contributed by atoms with Gasteiger partial charge in [0.25, 0.3) is 5.88 Å². The van der Waals surface area contributed by atoms with Crippen LogP contribution in [0.3, 0.4) is 0 Å². The predicted octanol–water partition coefficient (Wildman–Crippen LogP) is 3.33. The number of hydrogen-bond acceptors (Lipinski definition) is 5. The monoisotopic (exact) mass is 347 g/mol. The maximum absolute atomic E-state index is 12.2.